The molecule has 1 heterocycles. The zero-order valence-corrected chi connectivity index (χ0v) is 19.1. The number of aliphatic hydroxyl groups is 1. The molecule has 3 atom stereocenters. The molecule has 3 unspecified atom stereocenters. The number of rotatable bonds is 4. The van der Waals surface area contributed by atoms with E-state index in [0.29, 0.717) is 28.6 Å². The van der Waals surface area contributed by atoms with Gasteiger partial charge in [0, 0.05) is 22.0 Å². The summed E-state index contributed by atoms with van der Waals surface area (Å²) in [5.41, 5.74) is 0.127. The van der Waals surface area contributed by atoms with E-state index in [1.165, 1.54) is 0 Å². The topological polar surface area (TPSA) is 37.3 Å². The van der Waals surface area contributed by atoms with Crippen LogP contribution in [0.25, 0.3) is 0 Å². The summed E-state index contributed by atoms with van der Waals surface area (Å²) in [5.74, 6) is -0.569. The van der Waals surface area contributed by atoms with Crippen molar-refractivity contribution in [3.05, 3.63) is 69.7 Å². The molecule has 0 bridgehead atoms. The lowest BCUT2D eigenvalue weighted by atomic mass is 9.72. The van der Waals surface area contributed by atoms with Gasteiger partial charge in [-0.15, -0.1) is 0 Å². The summed E-state index contributed by atoms with van der Waals surface area (Å²) >= 11 is 12.0. The van der Waals surface area contributed by atoms with E-state index in [1.807, 2.05) is 12.1 Å². The largest absolute Gasteiger partial charge is 1.00 e. The van der Waals surface area contributed by atoms with Gasteiger partial charge in [0.1, 0.15) is 11.5 Å². The number of piperidine rings is 1. The Kier molecular flexibility index (Phi) is 7.36. The number of ketones is 1. The monoisotopic (exact) mass is 519 g/mol. The summed E-state index contributed by atoms with van der Waals surface area (Å²) < 4.78 is 0.764. The van der Waals surface area contributed by atoms with Crippen LogP contribution < -0.4 is 24.0 Å². The minimum Gasteiger partial charge on any atom is -1.00 e. The normalized spacial score (nSPS) is 27.7. The third kappa shape index (κ3) is 4.67. The number of halogens is 3. The van der Waals surface area contributed by atoms with Crippen LogP contribution in [0.2, 0.25) is 10.0 Å². The fraction of sp³-hybridized carbons (Fsp3) is 0.381. The lowest BCUT2D eigenvalue weighted by Gasteiger charge is -2.48. The average Bonchev–Trinajstić information content (AvgIpc) is 2.64. The Hall–Kier alpha value is -0.660. The second-order valence-corrected chi connectivity index (χ2v) is 8.32. The fourth-order valence-corrected chi connectivity index (χ4v) is 4.04. The molecule has 2 aromatic rings. The number of hydrogen-bond acceptors (Lipinski definition) is 2. The standard InChI is InChI=1S/C21H24Cl2NO2.HI/c1-3-24(2)13-12-21(26,16-6-10-18(23)11-7-16)19(14-24)20(25)15-4-8-17(22)9-5-15;/h4-11,19,26H,3,12-14H2,1-2H3;1H/q+1;/p-1. The summed E-state index contributed by atoms with van der Waals surface area (Å²) in [7, 11) is 2.14. The molecular formula is C21H24Cl2INO2. The van der Waals surface area contributed by atoms with E-state index in [4.69, 9.17) is 23.2 Å². The lowest BCUT2D eigenvalue weighted by Crippen LogP contribution is -3.00. The van der Waals surface area contributed by atoms with Crippen molar-refractivity contribution in [1.29, 1.82) is 0 Å². The quantitative estimate of drug-likeness (QED) is 0.378. The van der Waals surface area contributed by atoms with Gasteiger partial charge in [-0.1, -0.05) is 35.3 Å². The average molecular weight is 520 g/mol. The molecule has 0 saturated carbocycles. The van der Waals surface area contributed by atoms with Crippen LogP contribution in [0, 0.1) is 5.92 Å². The third-order valence-corrected chi connectivity index (χ3v) is 6.29. The second-order valence-electron chi connectivity index (χ2n) is 7.45. The van der Waals surface area contributed by atoms with Crippen molar-refractivity contribution < 1.29 is 38.4 Å². The Bertz CT molecular complexity index is 797. The maximum atomic E-state index is 13.3. The SMILES string of the molecule is CC[N+]1(C)CCC(O)(c2ccc(Cl)cc2)C(C(=O)c2ccc(Cl)cc2)C1.[I-]. The Morgan fingerprint density at radius 2 is 1.63 bits per heavy atom. The molecule has 0 spiro atoms. The highest BCUT2D eigenvalue weighted by Crippen LogP contribution is 2.41. The van der Waals surface area contributed by atoms with Crippen molar-refractivity contribution in [1.82, 2.24) is 0 Å². The van der Waals surface area contributed by atoms with Gasteiger partial charge in [0.25, 0.3) is 0 Å². The van der Waals surface area contributed by atoms with Crippen LogP contribution in [-0.4, -0.2) is 42.1 Å². The molecule has 1 aliphatic heterocycles. The van der Waals surface area contributed by atoms with Gasteiger partial charge in [0.15, 0.2) is 5.78 Å². The Morgan fingerprint density at radius 3 is 2.15 bits per heavy atom. The van der Waals surface area contributed by atoms with Gasteiger partial charge < -0.3 is 33.6 Å². The number of nitrogens with zero attached hydrogens (tertiary/aromatic N) is 1. The van der Waals surface area contributed by atoms with Gasteiger partial charge in [0.2, 0.25) is 0 Å². The molecule has 146 valence electrons. The predicted octanol–water partition coefficient (Wildman–Crippen LogP) is 1.55. The molecule has 6 heteroatoms. The number of likely N-dealkylation sites (tertiary alicyclic amines) is 1. The number of carbonyl (C=O) groups excluding carboxylic acids is 1. The number of Topliss-reactive ketones (excluding diaryl/α,β-unsaturated/α-hetero) is 1. The van der Waals surface area contributed by atoms with Crippen LogP contribution in [0.1, 0.15) is 29.3 Å². The number of hydrogen-bond donors (Lipinski definition) is 1. The molecule has 0 aromatic heterocycles. The minimum atomic E-state index is -1.20. The molecule has 0 amide bonds. The van der Waals surface area contributed by atoms with Crippen LogP contribution in [0.3, 0.4) is 0 Å². The highest BCUT2D eigenvalue weighted by Gasteiger charge is 2.51. The lowest BCUT2D eigenvalue weighted by molar-refractivity contribution is -0.917. The predicted molar refractivity (Wildman–Crippen MR) is 106 cm³/mol. The summed E-state index contributed by atoms with van der Waals surface area (Å²) in [6.07, 6.45) is 0.531. The van der Waals surface area contributed by atoms with Crippen LogP contribution in [-0.2, 0) is 5.60 Å². The van der Waals surface area contributed by atoms with Crippen molar-refractivity contribution in [3.63, 3.8) is 0 Å². The first-order valence-corrected chi connectivity index (χ1v) is 9.65. The molecule has 0 radical (unpaired) electrons. The highest BCUT2D eigenvalue weighted by molar-refractivity contribution is 6.30. The van der Waals surface area contributed by atoms with Crippen LogP contribution >= 0.6 is 23.2 Å². The molecule has 2 aromatic carbocycles. The van der Waals surface area contributed by atoms with E-state index in [2.05, 4.69) is 14.0 Å². The van der Waals surface area contributed by atoms with E-state index < -0.39 is 11.5 Å². The van der Waals surface area contributed by atoms with Crippen LogP contribution in [0.5, 0.6) is 0 Å². The van der Waals surface area contributed by atoms with Gasteiger partial charge in [-0.05, 0) is 48.9 Å². The van der Waals surface area contributed by atoms with Crippen molar-refractivity contribution in [2.75, 3.05) is 26.7 Å². The summed E-state index contributed by atoms with van der Waals surface area (Å²) in [4.78, 5) is 13.3. The molecular weight excluding hydrogens is 496 g/mol. The summed E-state index contributed by atoms with van der Waals surface area (Å²) in [6.45, 7) is 4.45. The first-order valence-electron chi connectivity index (χ1n) is 8.89. The van der Waals surface area contributed by atoms with E-state index in [1.54, 1.807) is 36.4 Å². The summed E-state index contributed by atoms with van der Waals surface area (Å²) in [5, 5.41) is 12.8. The first-order chi connectivity index (χ1) is 12.3. The number of benzene rings is 2. The van der Waals surface area contributed by atoms with Gasteiger partial charge in [-0.3, -0.25) is 4.79 Å². The Labute approximate surface area is 187 Å². The second kappa shape index (κ2) is 8.78. The molecule has 3 rings (SSSR count). The van der Waals surface area contributed by atoms with Gasteiger partial charge in [0.05, 0.1) is 26.7 Å². The molecule has 3 nitrogen and oxygen atoms in total. The first kappa shape index (κ1) is 22.6. The number of carbonyl (C=O) groups is 1. The smallest absolute Gasteiger partial charge is 0.174 e. The zero-order valence-electron chi connectivity index (χ0n) is 15.5. The minimum absolute atomic E-state index is 0. The van der Waals surface area contributed by atoms with Crippen molar-refractivity contribution in [2.24, 2.45) is 5.92 Å². The Balaban J connectivity index is 0.00000261. The van der Waals surface area contributed by atoms with Gasteiger partial charge in [-0.2, -0.15) is 0 Å². The van der Waals surface area contributed by atoms with E-state index >= 15 is 0 Å². The van der Waals surface area contributed by atoms with Crippen molar-refractivity contribution >= 4 is 29.0 Å². The third-order valence-electron chi connectivity index (χ3n) is 5.79. The van der Waals surface area contributed by atoms with E-state index in [0.717, 1.165) is 23.1 Å². The molecule has 1 saturated heterocycles. The highest BCUT2D eigenvalue weighted by atomic mass is 127. The summed E-state index contributed by atoms with van der Waals surface area (Å²) in [6, 6.07) is 14.1. The Morgan fingerprint density at radius 1 is 1.11 bits per heavy atom. The van der Waals surface area contributed by atoms with Gasteiger partial charge >= 0.3 is 0 Å². The van der Waals surface area contributed by atoms with Gasteiger partial charge in [-0.25, -0.2) is 0 Å². The van der Waals surface area contributed by atoms with E-state index in [-0.39, 0.29) is 29.8 Å². The van der Waals surface area contributed by atoms with Crippen molar-refractivity contribution in [2.45, 2.75) is 18.9 Å². The van der Waals surface area contributed by atoms with Crippen LogP contribution in [0.4, 0.5) is 0 Å². The van der Waals surface area contributed by atoms with Crippen LogP contribution in [0.15, 0.2) is 48.5 Å². The fourth-order valence-electron chi connectivity index (χ4n) is 3.78. The number of quaternary nitrogens is 1. The van der Waals surface area contributed by atoms with Crippen molar-refractivity contribution in [3.8, 4) is 0 Å². The molecule has 1 N–H and O–H groups in total. The molecule has 1 aliphatic rings. The van der Waals surface area contributed by atoms with E-state index in [9.17, 15) is 9.90 Å². The molecule has 1 fully saturated rings. The molecule has 27 heavy (non-hydrogen) atoms. The molecule has 0 aliphatic carbocycles. The zero-order chi connectivity index (χ0) is 18.9. The maximum absolute atomic E-state index is 13.3. The maximum Gasteiger partial charge on any atom is 0.174 e.